The summed E-state index contributed by atoms with van der Waals surface area (Å²) in [5, 5.41) is 25.5. The van der Waals surface area contributed by atoms with Crippen LogP contribution in [0.3, 0.4) is 0 Å². The van der Waals surface area contributed by atoms with Crippen LogP contribution in [0.25, 0.3) is 0 Å². The number of amides is 3. The van der Waals surface area contributed by atoms with Crippen LogP contribution in [0, 0.1) is 0 Å². The number of carboxylic acid groups (broad SMARTS) is 1. The fourth-order valence-electron chi connectivity index (χ4n) is 2.71. The summed E-state index contributed by atoms with van der Waals surface area (Å²) >= 11 is 0. The van der Waals surface area contributed by atoms with Crippen LogP contribution in [0.5, 0.6) is 5.75 Å². The summed E-state index contributed by atoms with van der Waals surface area (Å²) in [6.45, 7) is 1.02. The number of aliphatic imine (C=N–C) groups is 1. The minimum absolute atomic E-state index is 0.0373. The van der Waals surface area contributed by atoms with E-state index >= 15 is 0 Å². The number of nitrogens with zero attached hydrogens (tertiary/aromatic N) is 1. The summed E-state index contributed by atoms with van der Waals surface area (Å²) in [6, 6.07) is 2.97. The monoisotopic (exact) mass is 465 g/mol. The highest BCUT2D eigenvalue weighted by atomic mass is 16.4. The van der Waals surface area contributed by atoms with Gasteiger partial charge in [-0.05, 0) is 37.5 Å². The molecule has 1 aromatic rings. The van der Waals surface area contributed by atoms with Crippen molar-refractivity contribution in [3.05, 3.63) is 29.8 Å². The van der Waals surface area contributed by atoms with E-state index in [1.54, 1.807) is 12.1 Å². The Bertz CT molecular complexity index is 853. The summed E-state index contributed by atoms with van der Waals surface area (Å²) in [4.78, 5) is 52.2. The van der Waals surface area contributed by atoms with Gasteiger partial charge in [0.25, 0.3) is 0 Å². The standard InChI is InChI=1S/C20H31N7O6/c1-11(21)17(31)27-15(9-12-4-6-13(28)7-5-12)19(33)26-14(3-2-8-24-20(22)23)18(32)25-10-16(29)30/h4-7,11,14-15,28H,2-3,8-10,21H2,1H3,(H,25,32)(H,26,33)(H,27,31)(H,29,30)(H4,22,23,24). The van der Waals surface area contributed by atoms with Crippen molar-refractivity contribution in [2.45, 2.75) is 44.3 Å². The number of aliphatic carboxylic acids is 1. The van der Waals surface area contributed by atoms with Gasteiger partial charge in [-0.15, -0.1) is 0 Å². The first-order chi connectivity index (χ1) is 15.5. The Morgan fingerprint density at radius 3 is 2.15 bits per heavy atom. The number of guanidine groups is 1. The van der Waals surface area contributed by atoms with E-state index in [2.05, 4.69) is 20.9 Å². The van der Waals surface area contributed by atoms with Gasteiger partial charge in [-0.25, -0.2) is 0 Å². The number of nitrogens with two attached hydrogens (primary N) is 3. The summed E-state index contributed by atoms with van der Waals surface area (Å²) in [5.41, 5.74) is 16.8. The van der Waals surface area contributed by atoms with Crippen LogP contribution in [0.15, 0.2) is 29.3 Å². The predicted molar refractivity (Wildman–Crippen MR) is 120 cm³/mol. The molecule has 0 aliphatic carbocycles. The van der Waals surface area contributed by atoms with Gasteiger partial charge in [-0.3, -0.25) is 24.2 Å². The van der Waals surface area contributed by atoms with E-state index in [1.165, 1.54) is 19.1 Å². The number of phenolic OH excluding ortho intramolecular Hbond substituents is 1. The fourth-order valence-corrected chi connectivity index (χ4v) is 2.71. The Labute approximate surface area is 190 Å². The number of aromatic hydroxyl groups is 1. The van der Waals surface area contributed by atoms with Crippen LogP contribution in [-0.2, 0) is 25.6 Å². The lowest BCUT2D eigenvalue weighted by molar-refractivity contribution is -0.138. The Morgan fingerprint density at radius 2 is 1.61 bits per heavy atom. The minimum Gasteiger partial charge on any atom is -0.508 e. The molecule has 0 heterocycles. The van der Waals surface area contributed by atoms with Crippen molar-refractivity contribution in [1.29, 1.82) is 0 Å². The highest BCUT2D eigenvalue weighted by molar-refractivity contribution is 5.93. The molecule has 13 nitrogen and oxygen atoms in total. The molecule has 33 heavy (non-hydrogen) atoms. The van der Waals surface area contributed by atoms with Gasteiger partial charge in [0.2, 0.25) is 17.7 Å². The molecule has 3 unspecified atom stereocenters. The number of carbonyl (C=O) groups is 4. The zero-order valence-corrected chi connectivity index (χ0v) is 18.3. The number of rotatable bonds is 13. The molecule has 0 fully saturated rings. The molecule has 0 bridgehead atoms. The molecule has 3 amide bonds. The molecule has 0 aromatic heterocycles. The van der Waals surface area contributed by atoms with E-state index in [0.717, 1.165) is 0 Å². The molecule has 182 valence electrons. The summed E-state index contributed by atoms with van der Waals surface area (Å²) in [7, 11) is 0. The number of phenols is 1. The lowest BCUT2D eigenvalue weighted by Crippen LogP contribution is -2.56. The quantitative estimate of drug-likeness (QED) is 0.0872. The van der Waals surface area contributed by atoms with Gasteiger partial charge < -0.3 is 43.4 Å². The zero-order chi connectivity index (χ0) is 25.0. The number of nitrogens with one attached hydrogen (secondary N) is 3. The van der Waals surface area contributed by atoms with Gasteiger partial charge in [-0.1, -0.05) is 12.1 Å². The molecule has 0 saturated carbocycles. The lowest BCUT2D eigenvalue weighted by atomic mass is 10.0. The van der Waals surface area contributed by atoms with Crippen molar-refractivity contribution in [1.82, 2.24) is 16.0 Å². The van der Waals surface area contributed by atoms with Gasteiger partial charge in [0.05, 0.1) is 6.04 Å². The maximum atomic E-state index is 13.0. The SMILES string of the molecule is CC(N)C(=O)NC(Cc1ccc(O)cc1)C(=O)NC(CCCN=C(N)N)C(=O)NCC(=O)O. The Balaban J connectivity index is 2.99. The first kappa shape index (κ1) is 27.2. The average molecular weight is 466 g/mol. The van der Waals surface area contributed by atoms with Crippen molar-refractivity contribution in [3.63, 3.8) is 0 Å². The molecule has 13 heteroatoms. The van der Waals surface area contributed by atoms with Crippen LogP contribution in [0.1, 0.15) is 25.3 Å². The molecule has 11 N–H and O–H groups in total. The molecule has 1 rings (SSSR count). The third kappa shape index (κ3) is 10.8. The number of hydrogen-bond donors (Lipinski definition) is 8. The van der Waals surface area contributed by atoms with Gasteiger partial charge in [0.15, 0.2) is 5.96 Å². The van der Waals surface area contributed by atoms with Gasteiger partial charge in [0, 0.05) is 13.0 Å². The summed E-state index contributed by atoms with van der Waals surface area (Å²) in [5.74, 6) is -3.29. The van der Waals surface area contributed by atoms with Crippen molar-refractivity contribution in [2.24, 2.45) is 22.2 Å². The molecular weight excluding hydrogens is 434 g/mol. The predicted octanol–water partition coefficient (Wildman–Crippen LogP) is -2.49. The van der Waals surface area contributed by atoms with Crippen molar-refractivity contribution < 1.29 is 29.4 Å². The van der Waals surface area contributed by atoms with Crippen LogP contribution in [0.4, 0.5) is 0 Å². The van der Waals surface area contributed by atoms with Gasteiger partial charge in [-0.2, -0.15) is 0 Å². The van der Waals surface area contributed by atoms with Crippen molar-refractivity contribution >= 4 is 29.7 Å². The third-order valence-corrected chi connectivity index (χ3v) is 4.41. The van der Waals surface area contributed by atoms with E-state index in [9.17, 15) is 24.3 Å². The first-order valence-corrected chi connectivity index (χ1v) is 10.2. The first-order valence-electron chi connectivity index (χ1n) is 10.2. The maximum absolute atomic E-state index is 13.0. The topological polar surface area (TPSA) is 235 Å². The van der Waals surface area contributed by atoms with Crippen LogP contribution in [0.2, 0.25) is 0 Å². The van der Waals surface area contributed by atoms with Crippen LogP contribution in [-0.4, -0.2) is 71.1 Å². The molecular formula is C20H31N7O6. The van der Waals surface area contributed by atoms with Crippen LogP contribution >= 0.6 is 0 Å². The molecule has 1 aromatic carbocycles. The highest BCUT2D eigenvalue weighted by Crippen LogP contribution is 2.12. The number of carbonyl (C=O) groups excluding carboxylic acids is 3. The summed E-state index contributed by atoms with van der Waals surface area (Å²) in [6.07, 6.45) is 0.487. The number of hydrogen-bond acceptors (Lipinski definition) is 7. The molecule has 0 saturated heterocycles. The Kier molecular flexibility index (Phi) is 11.1. The van der Waals surface area contributed by atoms with Crippen molar-refractivity contribution in [3.8, 4) is 5.75 Å². The largest absolute Gasteiger partial charge is 0.508 e. The van der Waals surface area contributed by atoms with E-state index < -0.39 is 48.4 Å². The number of carboxylic acids is 1. The second-order valence-corrected chi connectivity index (χ2v) is 7.34. The second-order valence-electron chi connectivity index (χ2n) is 7.34. The average Bonchev–Trinajstić information content (AvgIpc) is 2.74. The highest BCUT2D eigenvalue weighted by Gasteiger charge is 2.27. The smallest absolute Gasteiger partial charge is 0.322 e. The molecule has 0 radical (unpaired) electrons. The maximum Gasteiger partial charge on any atom is 0.322 e. The van der Waals surface area contributed by atoms with Crippen LogP contribution < -0.4 is 33.2 Å². The van der Waals surface area contributed by atoms with E-state index in [1.807, 2.05) is 0 Å². The number of benzene rings is 1. The van der Waals surface area contributed by atoms with Gasteiger partial charge in [0.1, 0.15) is 24.4 Å². The second kappa shape index (κ2) is 13.5. The molecule has 0 aliphatic heterocycles. The van der Waals surface area contributed by atoms with Gasteiger partial charge >= 0.3 is 5.97 Å². The normalized spacial score (nSPS) is 13.2. The van der Waals surface area contributed by atoms with E-state index in [4.69, 9.17) is 22.3 Å². The lowest BCUT2D eigenvalue weighted by Gasteiger charge is -2.23. The van der Waals surface area contributed by atoms with E-state index in [0.29, 0.717) is 12.0 Å². The van der Waals surface area contributed by atoms with E-state index in [-0.39, 0.29) is 31.1 Å². The molecule has 3 atom stereocenters. The Morgan fingerprint density at radius 1 is 1.00 bits per heavy atom. The fraction of sp³-hybridized carbons (Fsp3) is 0.450. The molecule has 0 aliphatic rings. The Hall–Kier alpha value is -3.87. The zero-order valence-electron chi connectivity index (χ0n) is 18.3. The minimum atomic E-state index is -1.25. The summed E-state index contributed by atoms with van der Waals surface area (Å²) < 4.78 is 0. The molecule has 0 spiro atoms. The van der Waals surface area contributed by atoms with Crippen molar-refractivity contribution in [2.75, 3.05) is 13.1 Å². The third-order valence-electron chi connectivity index (χ3n) is 4.41.